The predicted octanol–water partition coefficient (Wildman–Crippen LogP) is 0.780. The van der Waals surface area contributed by atoms with E-state index in [1.54, 1.807) is 14.0 Å². The van der Waals surface area contributed by atoms with Gasteiger partial charge in [-0.3, -0.25) is 9.59 Å². The molecule has 2 amide bonds. The van der Waals surface area contributed by atoms with Gasteiger partial charge in [0.05, 0.1) is 6.54 Å². The van der Waals surface area contributed by atoms with Gasteiger partial charge in [0.2, 0.25) is 11.8 Å². The molecule has 2 N–H and O–H groups in total. The van der Waals surface area contributed by atoms with E-state index in [2.05, 4.69) is 5.32 Å². The van der Waals surface area contributed by atoms with Crippen molar-refractivity contribution in [3.8, 4) is 0 Å². The van der Waals surface area contributed by atoms with E-state index >= 15 is 0 Å². The van der Waals surface area contributed by atoms with Crippen molar-refractivity contribution >= 4 is 17.8 Å². The lowest BCUT2D eigenvalue weighted by atomic mass is 10.2. The number of hydrogen-bond donors (Lipinski definition) is 2. The summed E-state index contributed by atoms with van der Waals surface area (Å²) >= 11 is 0. The molecule has 0 aromatic rings. The van der Waals surface area contributed by atoms with E-state index < -0.39 is 5.97 Å². The number of aliphatic carboxylic acids is 1. The molecule has 19 heavy (non-hydrogen) atoms. The summed E-state index contributed by atoms with van der Waals surface area (Å²) in [4.78, 5) is 35.1. The summed E-state index contributed by atoms with van der Waals surface area (Å²) < 4.78 is 0. The van der Waals surface area contributed by atoms with Crippen LogP contribution in [0.25, 0.3) is 0 Å². The second kappa shape index (κ2) is 8.29. The van der Waals surface area contributed by atoms with Gasteiger partial charge in [-0.05, 0) is 20.3 Å². The van der Waals surface area contributed by atoms with Gasteiger partial charge in [0, 0.05) is 25.1 Å². The van der Waals surface area contributed by atoms with E-state index in [9.17, 15) is 14.4 Å². The van der Waals surface area contributed by atoms with Crippen molar-refractivity contribution in [2.24, 2.45) is 0 Å². The van der Waals surface area contributed by atoms with E-state index in [1.165, 1.54) is 17.9 Å². The number of rotatable bonds is 7. The number of carbonyl (C=O) groups excluding carboxylic acids is 2. The van der Waals surface area contributed by atoms with Gasteiger partial charge < -0.3 is 15.3 Å². The number of nitrogens with one attached hydrogen (secondary N) is 1. The van der Waals surface area contributed by atoms with E-state index in [4.69, 9.17) is 5.11 Å². The first-order chi connectivity index (χ1) is 8.79. The highest BCUT2D eigenvalue weighted by atomic mass is 16.4. The standard InChI is InChI=1S/C13H22N2O4/c1-5-6-11(16)14-8-12(17)15(4)10(3)7-9(2)13(18)19/h7,10H,5-6,8H2,1-4H3,(H,14,16)(H,18,19)/b9-7+/t10-/m0/s1. The highest BCUT2D eigenvalue weighted by Gasteiger charge is 2.15. The van der Waals surface area contributed by atoms with Crippen molar-refractivity contribution in [3.05, 3.63) is 11.6 Å². The largest absolute Gasteiger partial charge is 0.478 e. The molecule has 0 saturated heterocycles. The maximum Gasteiger partial charge on any atom is 0.331 e. The van der Waals surface area contributed by atoms with Crippen LogP contribution in [0.5, 0.6) is 0 Å². The number of carbonyl (C=O) groups is 3. The van der Waals surface area contributed by atoms with Crippen LogP contribution in [0.4, 0.5) is 0 Å². The molecule has 0 aromatic carbocycles. The number of carboxylic acids is 1. The molecule has 0 unspecified atom stereocenters. The van der Waals surface area contributed by atoms with Gasteiger partial charge in [-0.2, -0.15) is 0 Å². The number of carboxylic acid groups (broad SMARTS) is 1. The number of nitrogens with zero attached hydrogens (tertiary/aromatic N) is 1. The maximum absolute atomic E-state index is 11.8. The van der Waals surface area contributed by atoms with Crippen LogP contribution < -0.4 is 5.32 Å². The summed E-state index contributed by atoms with van der Waals surface area (Å²) in [5.74, 6) is -1.43. The van der Waals surface area contributed by atoms with Gasteiger partial charge in [-0.25, -0.2) is 4.79 Å². The van der Waals surface area contributed by atoms with Gasteiger partial charge in [0.15, 0.2) is 0 Å². The third-order valence-electron chi connectivity index (χ3n) is 2.75. The Morgan fingerprint density at radius 3 is 2.42 bits per heavy atom. The molecular weight excluding hydrogens is 248 g/mol. The van der Waals surface area contributed by atoms with Gasteiger partial charge >= 0.3 is 5.97 Å². The molecule has 0 aliphatic heterocycles. The molecule has 0 fully saturated rings. The molecule has 108 valence electrons. The second-order valence-corrected chi connectivity index (χ2v) is 4.43. The van der Waals surface area contributed by atoms with Crippen LogP contribution in [0, 0.1) is 0 Å². The van der Waals surface area contributed by atoms with Crippen molar-refractivity contribution in [2.75, 3.05) is 13.6 Å². The zero-order valence-electron chi connectivity index (χ0n) is 11.9. The van der Waals surface area contributed by atoms with Gasteiger partial charge in [0.1, 0.15) is 0 Å². The Morgan fingerprint density at radius 1 is 1.37 bits per heavy atom. The fourth-order valence-electron chi connectivity index (χ4n) is 1.39. The lowest BCUT2D eigenvalue weighted by Gasteiger charge is -2.23. The van der Waals surface area contributed by atoms with Crippen LogP contribution in [0.15, 0.2) is 11.6 Å². The fourth-order valence-corrected chi connectivity index (χ4v) is 1.39. The van der Waals surface area contributed by atoms with Crippen molar-refractivity contribution in [2.45, 2.75) is 39.7 Å². The van der Waals surface area contributed by atoms with E-state index in [0.717, 1.165) is 6.42 Å². The third-order valence-corrected chi connectivity index (χ3v) is 2.75. The smallest absolute Gasteiger partial charge is 0.331 e. The molecule has 0 rings (SSSR count). The van der Waals surface area contributed by atoms with Gasteiger partial charge in [-0.15, -0.1) is 0 Å². The summed E-state index contributed by atoms with van der Waals surface area (Å²) in [5.41, 5.74) is 0.183. The summed E-state index contributed by atoms with van der Waals surface area (Å²) in [5, 5.41) is 11.3. The second-order valence-electron chi connectivity index (χ2n) is 4.43. The number of likely N-dealkylation sites (N-methyl/N-ethyl adjacent to an activating group) is 1. The van der Waals surface area contributed by atoms with Crippen LogP contribution in [-0.2, 0) is 14.4 Å². The summed E-state index contributed by atoms with van der Waals surface area (Å²) in [7, 11) is 1.57. The molecule has 6 nitrogen and oxygen atoms in total. The van der Waals surface area contributed by atoms with E-state index in [0.29, 0.717) is 6.42 Å². The zero-order chi connectivity index (χ0) is 15.0. The predicted molar refractivity (Wildman–Crippen MR) is 71.5 cm³/mol. The highest BCUT2D eigenvalue weighted by molar-refractivity contribution is 5.87. The Bertz CT molecular complexity index is 377. The normalized spacial score (nSPS) is 12.7. The van der Waals surface area contributed by atoms with Crippen LogP contribution in [-0.4, -0.2) is 47.4 Å². The third kappa shape index (κ3) is 6.59. The van der Waals surface area contributed by atoms with Gasteiger partial charge in [0.25, 0.3) is 0 Å². The SMILES string of the molecule is CCCC(=O)NCC(=O)N(C)[C@@H](C)/C=C(\C)C(=O)O. The molecule has 6 heteroatoms. The van der Waals surface area contributed by atoms with Crippen molar-refractivity contribution in [1.29, 1.82) is 0 Å². The topological polar surface area (TPSA) is 86.7 Å². The van der Waals surface area contributed by atoms with Crippen molar-refractivity contribution in [1.82, 2.24) is 10.2 Å². The van der Waals surface area contributed by atoms with Crippen LogP contribution in [0.2, 0.25) is 0 Å². The van der Waals surface area contributed by atoms with Crippen LogP contribution in [0.1, 0.15) is 33.6 Å². The van der Waals surface area contributed by atoms with Crippen molar-refractivity contribution in [3.63, 3.8) is 0 Å². The molecule has 0 aromatic heterocycles. The maximum atomic E-state index is 11.8. The minimum atomic E-state index is -1.01. The molecule has 0 aliphatic carbocycles. The minimum absolute atomic E-state index is 0.0698. The summed E-state index contributed by atoms with van der Waals surface area (Å²) in [6.07, 6.45) is 2.62. The Balaban J connectivity index is 4.37. The fraction of sp³-hybridized carbons (Fsp3) is 0.615. The molecule has 0 spiro atoms. The first-order valence-electron chi connectivity index (χ1n) is 6.23. The number of amides is 2. The van der Waals surface area contributed by atoms with E-state index in [-0.39, 0.29) is 30.0 Å². The Morgan fingerprint density at radius 2 is 1.95 bits per heavy atom. The average molecular weight is 270 g/mol. The zero-order valence-corrected chi connectivity index (χ0v) is 11.9. The minimum Gasteiger partial charge on any atom is -0.478 e. The quantitative estimate of drug-likeness (QED) is 0.669. The van der Waals surface area contributed by atoms with Gasteiger partial charge in [-0.1, -0.05) is 13.0 Å². The lowest BCUT2D eigenvalue weighted by molar-refractivity contribution is -0.133. The Kier molecular flexibility index (Phi) is 7.48. The molecule has 0 saturated carbocycles. The Labute approximate surface area is 113 Å². The summed E-state index contributed by atoms with van der Waals surface area (Å²) in [6.45, 7) is 5.01. The Hall–Kier alpha value is -1.85. The van der Waals surface area contributed by atoms with Crippen LogP contribution >= 0.6 is 0 Å². The highest BCUT2D eigenvalue weighted by Crippen LogP contribution is 2.03. The van der Waals surface area contributed by atoms with Crippen LogP contribution in [0.3, 0.4) is 0 Å². The average Bonchev–Trinajstić information content (AvgIpc) is 2.34. The molecule has 1 atom stereocenters. The monoisotopic (exact) mass is 270 g/mol. The molecule has 0 bridgehead atoms. The molecule has 0 heterocycles. The lowest BCUT2D eigenvalue weighted by Crippen LogP contribution is -2.41. The molecule has 0 radical (unpaired) electrons. The van der Waals surface area contributed by atoms with Crippen molar-refractivity contribution < 1.29 is 19.5 Å². The van der Waals surface area contributed by atoms with E-state index in [1.807, 2.05) is 6.92 Å². The summed E-state index contributed by atoms with van der Waals surface area (Å²) in [6, 6.07) is -0.341. The molecule has 0 aliphatic rings. The number of hydrogen-bond acceptors (Lipinski definition) is 3. The first kappa shape index (κ1) is 17.2. The first-order valence-corrected chi connectivity index (χ1v) is 6.23. The molecular formula is C13H22N2O4.